The first-order valence-electron chi connectivity index (χ1n) is 3.00. The standard InChI is InChI=1S/C6H8N2OS/c1-5(9)8-4-10-3-6(8)2-7/h6H,3-4H2,1H3. The Balaban J connectivity index is 2.61. The molecule has 1 amide bonds. The molecule has 54 valence electrons. The maximum Gasteiger partial charge on any atom is 0.221 e. The van der Waals surface area contributed by atoms with Crippen molar-refractivity contribution in [1.82, 2.24) is 4.90 Å². The van der Waals surface area contributed by atoms with E-state index in [1.807, 2.05) is 0 Å². The van der Waals surface area contributed by atoms with E-state index in [0.717, 1.165) is 5.75 Å². The third-order valence-corrected chi connectivity index (χ3v) is 2.45. The Kier molecular flexibility index (Phi) is 2.17. The molecule has 0 N–H and O–H groups in total. The fraction of sp³-hybridized carbons (Fsp3) is 0.667. The molecule has 1 rings (SSSR count). The van der Waals surface area contributed by atoms with Crippen LogP contribution in [0.1, 0.15) is 6.92 Å². The molecule has 0 aromatic carbocycles. The van der Waals surface area contributed by atoms with E-state index < -0.39 is 0 Å². The molecule has 1 saturated heterocycles. The molecule has 1 aliphatic rings. The molecule has 0 spiro atoms. The van der Waals surface area contributed by atoms with E-state index in [1.54, 1.807) is 16.7 Å². The first-order chi connectivity index (χ1) is 4.75. The van der Waals surface area contributed by atoms with E-state index >= 15 is 0 Å². The fourth-order valence-electron chi connectivity index (χ4n) is 0.860. The molecule has 3 nitrogen and oxygen atoms in total. The van der Waals surface area contributed by atoms with Gasteiger partial charge in [0.2, 0.25) is 5.91 Å². The molecule has 1 heterocycles. The lowest BCUT2D eigenvalue weighted by atomic mass is 10.3. The number of hydrogen-bond acceptors (Lipinski definition) is 3. The van der Waals surface area contributed by atoms with Gasteiger partial charge in [0, 0.05) is 12.7 Å². The Bertz CT molecular complexity index is 187. The van der Waals surface area contributed by atoms with Crippen LogP contribution in [-0.2, 0) is 4.79 Å². The molecule has 0 saturated carbocycles. The number of carbonyl (C=O) groups is 1. The van der Waals surface area contributed by atoms with Crippen LogP contribution in [0.2, 0.25) is 0 Å². The Morgan fingerprint density at radius 1 is 1.90 bits per heavy atom. The smallest absolute Gasteiger partial charge is 0.221 e. The summed E-state index contributed by atoms with van der Waals surface area (Å²) < 4.78 is 0. The number of thioether (sulfide) groups is 1. The molecule has 0 aliphatic carbocycles. The number of carbonyl (C=O) groups excluding carboxylic acids is 1. The van der Waals surface area contributed by atoms with E-state index in [1.165, 1.54) is 6.92 Å². The van der Waals surface area contributed by atoms with Gasteiger partial charge in [-0.1, -0.05) is 0 Å². The third kappa shape index (κ3) is 1.24. The summed E-state index contributed by atoms with van der Waals surface area (Å²) >= 11 is 1.63. The Hall–Kier alpha value is -0.690. The van der Waals surface area contributed by atoms with Crippen molar-refractivity contribution in [2.75, 3.05) is 11.6 Å². The highest BCUT2D eigenvalue weighted by molar-refractivity contribution is 7.99. The third-order valence-electron chi connectivity index (χ3n) is 1.44. The van der Waals surface area contributed by atoms with Crippen molar-refractivity contribution in [2.24, 2.45) is 0 Å². The van der Waals surface area contributed by atoms with Gasteiger partial charge in [-0.25, -0.2) is 0 Å². The van der Waals surface area contributed by atoms with Crippen molar-refractivity contribution in [3.05, 3.63) is 0 Å². The van der Waals surface area contributed by atoms with E-state index in [9.17, 15) is 4.79 Å². The van der Waals surface area contributed by atoms with Crippen molar-refractivity contribution in [1.29, 1.82) is 5.26 Å². The van der Waals surface area contributed by atoms with Gasteiger partial charge in [-0.05, 0) is 0 Å². The summed E-state index contributed by atoms with van der Waals surface area (Å²) in [4.78, 5) is 12.4. The summed E-state index contributed by atoms with van der Waals surface area (Å²) in [6.07, 6.45) is 0. The van der Waals surface area contributed by atoms with E-state index in [4.69, 9.17) is 5.26 Å². The van der Waals surface area contributed by atoms with Gasteiger partial charge in [-0.15, -0.1) is 11.8 Å². The zero-order valence-corrected chi connectivity index (χ0v) is 6.52. The van der Waals surface area contributed by atoms with Crippen LogP contribution in [0.25, 0.3) is 0 Å². The summed E-state index contributed by atoms with van der Waals surface area (Å²) in [6.45, 7) is 1.50. The molecule has 1 atom stereocenters. The molecular weight excluding hydrogens is 148 g/mol. The minimum Gasteiger partial charge on any atom is -0.317 e. The highest BCUT2D eigenvalue weighted by atomic mass is 32.2. The maximum absolute atomic E-state index is 10.8. The number of nitrogens with zero attached hydrogens (tertiary/aromatic N) is 2. The predicted molar refractivity (Wildman–Crippen MR) is 39.2 cm³/mol. The van der Waals surface area contributed by atoms with Crippen molar-refractivity contribution in [2.45, 2.75) is 13.0 Å². The van der Waals surface area contributed by atoms with E-state index in [0.29, 0.717) is 5.88 Å². The van der Waals surface area contributed by atoms with Gasteiger partial charge < -0.3 is 4.90 Å². The zero-order chi connectivity index (χ0) is 7.56. The first-order valence-corrected chi connectivity index (χ1v) is 4.15. The summed E-state index contributed by atoms with van der Waals surface area (Å²) in [7, 11) is 0. The number of rotatable bonds is 0. The maximum atomic E-state index is 10.8. The van der Waals surface area contributed by atoms with Crippen LogP contribution in [-0.4, -0.2) is 28.5 Å². The quantitative estimate of drug-likeness (QED) is 0.511. The number of amides is 1. The Labute approximate surface area is 64.0 Å². The lowest BCUT2D eigenvalue weighted by molar-refractivity contribution is -0.128. The van der Waals surface area contributed by atoms with Crippen LogP contribution in [0.5, 0.6) is 0 Å². The summed E-state index contributed by atoms with van der Waals surface area (Å²) in [5, 5.41) is 8.53. The van der Waals surface area contributed by atoms with Crippen LogP contribution in [0.3, 0.4) is 0 Å². The van der Waals surface area contributed by atoms with Crippen LogP contribution in [0.4, 0.5) is 0 Å². The van der Waals surface area contributed by atoms with Gasteiger partial charge in [-0.3, -0.25) is 4.79 Å². The van der Waals surface area contributed by atoms with Crippen molar-refractivity contribution in [3.63, 3.8) is 0 Å². The minimum atomic E-state index is -0.192. The van der Waals surface area contributed by atoms with Gasteiger partial charge in [0.15, 0.2) is 0 Å². The molecule has 0 aromatic rings. The normalized spacial score (nSPS) is 24.4. The topological polar surface area (TPSA) is 44.1 Å². The van der Waals surface area contributed by atoms with Crippen molar-refractivity contribution < 1.29 is 4.79 Å². The Morgan fingerprint density at radius 3 is 3.00 bits per heavy atom. The predicted octanol–water partition coefficient (Wildman–Crippen LogP) is 0.431. The molecule has 1 unspecified atom stereocenters. The van der Waals surface area contributed by atoms with Gasteiger partial charge >= 0.3 is 0 Å². The van der Waals surface area contributed by atoms with Crippen molar-refractivity contribution in [3.8, 4) is 6.07 Å². The zero-order valence-electron chi connectivity index (χ0n) is 5.70. The lowest BCUT2D eigenvalue weighted by Crippen LogP contribution is -2.33. The largest absolute Gasteiger partial charge is 0.317 e. The minimum absolute atomic E-state index is 0.00319. The highest BCUT2D eigenvalue weighted by Gasteiger charge is 2.26. The molecule has 10 heavy (non-hydrogen) atoms. The molecule has 0 bridgehead atoms. The van der Waals surface area contributed by atoms with Crippen LogP contribution >= 0.6 is 11.8 Å². The van der Waals surface area contributed by atoms with Crippen molar-refractivity contribution >= 4 is 17.7 Å². The summed E-state index contributed by atoms with van der Waals surface area (Å²) in [5.41, 5.74) is 0. The fourth-order valence-corrected chi connectivity index (χ4v) is 2.00. The van der Waals surface area contributed by atoms with Gasteiger partial charge in [0.05, 0.1) is 11.9 Å². The molecule has 1 fully saturated rings. The van der Waals surface area contributed by atoms with Gasteiger partial charge in [0.25, 0.3) is 0 Å². The molecule has 0 aromatic heterocycles. The van der Waals surface area contributed by atoms with Gasteiger partial charge in [0.1, 0.15) is 6.04 Å². The second-order valence-electron chi connectivity index (χ2n) is 2.13. The molecular formula is C6H8N2OS. The Morgan fingerprint density at radius 2 is 2.60 bits per heavy atom. The SMILES string of the molecule is CC(=O)N1CSCC1C#N. The average molecular weight is 156 g/mol. The number of hydrogen-bond donors (Lipinski definition) is 0. The van der Waals surface area contributed by atoms with Crippen LogP contribution in [0, 0.1) is 11.3 Å². The monoisotopic (exact) mass is 156 g/mol. The van der Waals surface area contributed by atoms with Crippen LogP contribution < -0.4 is 0 Å². The highest BCUT2D eigenvalue weighted by Crippen LogP contribution is 2.19. The van der Waals surface area contributed by atoms with E-state index in [-0.39, 0.29) is 11.9 Å². The molecule has 1 aliphatic heterocycles. The molecule has 0 radical (unpaired) electrons. The summed E-state index contributed by atoms with van der Waals surface area (Å²) in [5.74, 6) is 1.43. The average Bonchev–Trinajstić information content (AvgIpc) is 2.33. The lowest BCUT2D eigenvalue weighted by Gasteiger charge is -2.14. The molecule has 4 heteroatoms. The van der Waals surface area contributed by atoms with Gasteiger partial charge in [-0.2, -0.15) is 5.26 Å². The first kappa shape index (κ1) is 7.42. The number of nitriles is 1. The second-order valence-corrected chi connectivity index (χ2v) is 3.13. The van der Waals surface area contributed by atoms with E-state index in [2.05, 4.69) is 6.07 Å². The summed E-state index contributed by atoms with van der Waals surface area (Å²) in [6, 6.07) is 1.89. The van der Waals surface area contributed by atoms with Crippen LogP contribution in [0.15, 0.2) is 0 Å². The second kappa shape index (κ2) is 2.93.